The summed E-state index contributed by atoms with van der Waals surface area (Å²) < 4.78 is 20.3. The minimum Gasteiger partial charge on any atom is -0.229 e. The molecule has 0 heterocycles. The molecular formula is C2H9NO2SSi. The Morgan fingerprint density at radius 1 is 1.71 bits per heavy atom. The molecule has 0 fully saturated rings. The normalized spacial score (nSPS) is 16.9. The zero-order valence-corrected chi connectivity index (χ0v) is 7.20. The van der Waals surface area contributed by atoms with Crippen molar-refractivity contribution in [3.05, 3.63) is 0 Å². The first-order valence-corrected chi connectivity index (χ1v) is 4.72. The lowest BCUT2D eigenvalue weighted by atomic mass is 11.0. The molecule has 1 atom stereocenters. The lowest BCUT2D eigenvalue weighted by molar-refractivity contribution is 0.596. The summed E-state index contributed by atoms with van der Waals surface area (Å²) in [5.74, 6) is 0. The van der Waals surface area contributed by atoms with Gasteiger partial charge in [-0.2, -0.15) is 0 Å². The van der Waals surface area contributed by atoms with E-state index in [1.54, 1.807) is 6.92 Å². The molecule has 44 valence electrons. The number of hydrogen-bond donors (Lipinski definition) is 1. The van der Waals surface area contributed by atoms with Crippen LogP contribution in [0.25, 0.3) is 0 Å². The van der Waals surface area contributed by atoms with E-state index in [2.05, 4.69) is 5.14 Å². The predicted octanol–water partition coefficient (Wildman–Crippen LogP) is -2.01. The molecule has 0 spiro atoms. The van der Waals surface area contributed by atoms with E-state index >= 15 is 0 Å². The predicted molar refractivity (Wildman–Crippen MR) is 32.5 cm³/mol. The summed E-state index contributed by atoms with van der Waals surface area (Å²) in [7, 11) is -2.56. The van der Waals surface area contributed by atoms with Gasteiger partial charge < -0.3 is 0 Å². The minimum atomic E-state index is -3.18. The smallest absolute Gasteiger partial charge is 0.208 e. The molecule has 3 nitrogen and oxygen atoms in total. The van der Waals surface area contributed by atoms with Crippen molar-refractivity contribution in [2.24, 2.45) is 5.14 Å². The van der Waals surface area contributed by atoms with Gasteiger partial charge in [0.05, 0.1) is 4.87 Å². The number of rotatable bonds is 1. The molecule has 0 rings (SSSR count). The number of primary sulfonamides is 1. The SMILES string of the molecule is CC([SiH3])S(N)(=O)=O. The molecule has 0 aromatic carbocycles. The van der Waals surface area contributed by atoms with Gasteiger partial charge >= 0.3 is 0 Å². The van der Waals surface area contributed by atoms with Gasteiger partial charge in [0.1, 0.15) is 0 Å². The first-order valence-electron chi connectivity index (χ1n) is 1.96. The molecule has 0 aliphatic heterocycles. The van der Waals surface area contributed by atoms with Crippen LogP contribution in [0.2, 0.25) is 0 Å². The third-order valence-corrected chi connectivity index (χ3v) is 3.94. The van der Waals surface area contributed by atoms with Gasteiger partial charge in [-0.05, 0) is 0 Å². The molecule has 0 saturated heterocycles. The third kappa shape index (κ3) is 2.78. The van der Waals surface area contributed by atoms with Crippen molar-refractivity contribution in [2.75, 3.05) is 0 Å². The molecule has 7 heavy (non-hydrogen) atoms. The van der Waals surface area contributed by atoms with Gasteiger partial charge in [-0.15, -0.1) is 0 Å². The lowest BCUT2D eigenvalue weighted by Crippen LogP contribution is -2.25. The van der Waals surface area contributed by atoms with Gasteiger partial charge in [-0.1, -0.05) is 6.92 Å². The van der Waals surface area contributed by atoms with E-state index < -0.39 is 10.0 Å². The van der Waals surface area contributed by atoms with E-state index in [0.717, 1.165) is 0 Å². The second-order valence-corrected chi connectivity index (χ2v) is 6.33. The fourth-order valence-electron chi connectivity index (χ4n) is 0. The van der Waals surface area contributed by atoms with Gasteiger partial charge in [0.25, 0.3) is 0 Å². The zero-order valence-electron chi connectivity index (χ0n) is 4.38. The molecule has 5 heteroatoms. The van der Waals surface area contributed by atoms with Gasteiger partial charge in [-0.3, -0.25) is 0 Å². The van der Waals surface area contributed by atoms with Gasteiger partial charge in [-0.25, -0.2) is 13.6 Å². The summed E-state index contributed by atoms with van der Waals surface area (Å²) >= 11 is 0. The highest BCUT2D eigenvalue weighted by Crippen LogP contribution is 1.83. The Morgan fingerprint density at radius 3 is 1.86 bits per heavy atom. The molecule has 0 radical (unpaired) electrons. The van der Waals surface area contributed by atoms with Crippen LogP contribution < -0.4 is 5.14 Å². The fourth-order valence-corrected chi connectivity index (χ4v) is 0. The van der Waals surface area contributed by atoms with Crippen molar-refractivity contribution < 1.29 is 8.42 Å². The van der Waals surface area contributed by atoms with Crippen LogP contribution in [-0.2, 0) is 10.0 Å². The summed E-state index contributed by atoms with van der Waals surface area (Å²) in [6.07, 6.45) is 0. The Hall–Kier alpha value is 0.127. The topological polar surface area (TPSA) is 60.2 Å². The molecule has 0 amide bonds. The first-order chi connectivity index (χ1) is 2.94. The summed E-state index contributed by atoms with van der Waals surface area (Å²) in [5, 5.41) is 4.69. The highest BCUT2D eigenvalue weighted by atomic mass is 32.2. The van der Waals surface area contributed by atoms with Crippen LogP contribution in [-0.4, -0.2) is 23.5 Å². The maximum absolute atomic E-state index is 10.1. The Morgan fingerprint density at radius 2 is 1.86 bits per heavy atom. The van der Waals surface area contributed by atoms with Crippen LogP contribution in [0.5, 0.6) is 0 Å². The molecule has 0 aliphatic carbocycles. The summed E-state index contributed by atoms with van der Waals surface area (Å²) in [4.78, 5) is -0.313. The highest BCUT2D eigenvalue weighted by Gasteiger charge is 2.06. The summed E-state index contributed by atoms with van der Waals surface area (Å²) in [6.45, 7) is 1.60. The average Bonchev–Trinajstić information content (AvgIpc) is 1.31. The van der Waals surface area contributed by atoms with E-state index in [4.69, 9.17) is 0 Å². The molecular weight excluding hydrogens is 130 g/mol. The second kappa shape index (κ2) is 1.93. The average molecular weight is 139 g/mol. The van der Waals surface area contributed by atoms with Crippen molar-refractivity contribution in [2.45, 2.75) is 11.8 Å². The van der Waals surface area contributed by atoms with Crippen molar-refractivity contribution in [1.82, 2.24) is 0 Å². The van der Waals surface area contributed by atoms with Crippen LogP contribution in [0, 0.1) is 0 Å². The largest absolute Gasteiger partial charge is 0.229 e. The monoisotopic (exact) mass is 139 g/mol. The van der Waals surface area contributed by atoms with Gasteiger partial charge in [0, 0.05) is 10.2 Å². The molecule has 0 bridgehead atoms. The Kier molecular flexibility index (Phi) is 1.97. The maximum Gasteiger partial charge on any atom is 0.208 e. The van der Waals surface area contributed by atoms with Crippen LogP contribution in [0.3, 0.4) is 0 Å². The maximum atomic E-state index is 10.1. The summed E-state index contributed by atoms with van der Waals surface area (Å²) in [6, 6.07) is 0. The van der Waals surface area contributed by atoms with E-state index in [0.29, 0.717) is 10.2 Å². The minimum absolute atomic E-state index is 0.313. The van der Waals surface area contributed by atoms with Gasteiger partial charge in [0.15, 0.2) is 0 Å². The quantitative estimate of drug-likeness (QED) is 0.427. The van der Waals surface area contributed by atoms with Crippen LogP contribution in [0.15, 0.2) is 0 Å². The molecule has 0 aliphatic rings. The van der Waals surface area contributed by atoms with Crippen molar-refractivity contribution in [3.8, 4) is 0 Å². The Labute approximate surface area is 46.4 Å². The van der Waals surface area contributed by atoms with Crippen molar-refractivity contribution >= 4 is 20.3 Å². The standard InChI is InChI=1S/C2H9NO2SSi/c1-2(7)6(3,4)5/h2H,1,7H3,(H2,3,4,5). The van der Waals surface area contributed by atoms with Crippen molar-refractivity contribution in [3.63, 3.8) is 0 Å². The van der Waals surface area contributed by atoms with E-state index in [1.807, 2.05) is 0 Å². The van der Waals surface area contributed by atoms with Crippen LogP contribution in [0.1, 0.15) is 6.92 Å². The number of sulfonamides is 1. The first kappa shape index (κ1) is 7.13. The zero-order chi connectivity index (χ0) is 6.08. The van der Waals surface area contributed by atoms with Gasteiger partial charge in [0.2, 0.25) is 10.0 Å². The fraction of sp³-hybridized carbons (Fsp3) is 1.00. The van der Waals surface area contributed by atoms with Crippen LogP contribution in [0.4, 0.5) is 0 Å². The van der Waals surface area contributed by atoms with Crippen LogP contribution >= 0.6 is 0 Å². The van der Waals surface area contributed by atoms with E-state index in [1.165, 1.54) is 0 Å². The lowest BCUT2D eigenvalue weighted by Gasteiger charge is -1.96. The molecule has 1 unspecified atom stereocenters. The molecule has 0 saturated carbocycles. The van der Waals surface area contributed by atoms with E-state index in [-0.39, 0.29) is 4.87 Å². The molecule has 0 aromatic rings. The number of hydrogen-bond acceptors (Lipinski definition) is 2. The highest BCUT2D eigenvalue weighted by molar-refractivity contribution is 7.90. The Bertz CT molecular complexity index is 138. The molecule has 2 N–H and O–H groups in total. The van der Waals surface area contributed by atoms with Crippen molar-refractivity contribution in [1.29, 1.82) is 0 Å². The molecule has 0 aromatic heterocycles. The van der Waals surface area contributed by atoms with E-state index in [9.17, 15) is 8.42 Å². The third-order valence-electron chi connectivity index (χ3n) is 0.657. The summed E-state index contributed by atoms with van der Waals surface area (Å²) in [5.41, 5.74) is 0. The number of nitrogens with two attached hydrogens (primary N) is 1. The second-order valence-electron chi connectivity index (χ2n) is 1.64. The Balaban J connectivity index is 4.10.